The summed E-state index contributed by atoms with van der Waals surface area (Å²) in [5, 5.41) is 9.69. The molecule has 0 bridgehead atoms. The van der Waals surface area contributed by atoms with E-state index in [9.17, 15) is 5.11 Å². The largest absolute Gasteiger partial charge is 0.508 e. The Balaban J connectivity index is 2.79. The Morgan fingerprint density at radius 1 is 1.07 bits per heavy atom. The first kappa shape index (κ1) is 12.0. The summed E-state index contributed by atoms with van der Waals surface area (Å²) in [7, 11) is 8.19. The molecule has 3 nitrogen and oxygen atoms in total. The van der Waals surface area contributed by atoms with Gasteiger partial charge in [0.1, 0.15) is 5.75 Å². The molecule has 0 atom stereocenters. The van der Waals surface area contributed by atoms with Gasteiger partial charge in [0.15, 0.2) is 0 Å². The molecule has 1 rings (SSSR count). The van der Waals surface area contributed by atoms with Gasteiger partial charge in [-0.25, -0.2) is 0 Å². The van der Waals surface area contributed by atoms with Crippen molar-refractivity contribution in [2.75, 3.05) is 28.2 Å². The lowest BCUT2D eigenvalue weighted by Crippen LogP contribution is -2.42. The van der Waals surface area contributed by atoms with Gasteiger partial charge in [-0.1, -0.05) is 18.2 Å². The fourth-order valence-electron chi connectivity index (χ4n) is 1.71. The van der Waals surface area contributed by atoms with E-state index in [4.69, 9.17) is 0 Å². The Labute approximate surface area is 91.9 Å². The molecule has 0 radical (unpaired) electrons. The molecule has 0 unspecified atom stereocenters. The molecule has 84 valence electrons. The average molecular weight is 208 g/mol. The molecule has 0 aliphatic heterocycles. The molecular formula is C12H20N2O. The highest BCUT2D eigenvalue weighted by Gasteiger charge is 2.15. The molecule has 0 amide bonds. The van der Waals surface area contributed by atoms with Crippen molar-refractivity contribution in [3.8, 4) is 5.75 Å². The normalized spacial score (nSPS) is 11.7. The zero-order valence-corrected chi connectivity index (χ0v) is 9.94. The smallest absolute Gasteiger partial charge is 0.118 e. The molecule has 0 saturated heterocycles. The molecule has 0 aromatic heterocycles. The van der Waals surface area contributed by atoms with E-state index in [0.29, 0.717) is 11.9 Å². The van der Waals surface area contributed by atoms with Crippen LogP contribution in [0, 0.1) is 0 Å². The van der Waals surface area contributed by atoms with Crippen molar-refractivity contribution in [3.05, 3.63) is 29.8 Å². The van der Waals surface area contributed by atoms with Gasteiger partial charge in [-0.15, -0.1) is 0 Å². The Kier molecular flexibility index (Phi) is 4.12. The van der Waals surface area contributed by atoms with Crippen LogP contribution in [0.5, 0.6) is 5.75 Å². The third-order valence-corrected chi connectivity index (χ3v) is 2.59. The molecule has 1 aromatic carbocycles. The number of para-hydroxylation sites is 1. The number of hydrogen-bond acceptors (Lipinski definition) is 3. The van der Waals surface area contributed by atoms with E-state index < -0.39 is 0 Å². The zero-order valence-electron chi connectivity index (χ0n) is 9.94. The van der Waals surface area contributed by atoms with Gasteiger partial charge in [-0.3, -0.25) is 9.80 Å². The van der Waals surface area contributed by atoms with Crippen LogP contribution >= 0.6 is 0 Å². The average Bonchev–Trinajstić information content (AvgIpc) is 2.15. The van der Waals surface area contributed by atoms with Crippen LogP contribution in [0.3, 0.4) is 0 Å². The Morgan fingerprint density at radius 2 is 1.60 bits per heavy atom. The van der Waals surface area contributed by atoms with Crippen LogP contribution in [-0.2, 0) is 6.42 Å². The van der Waals surface area contributed by atoms with E-state index in [0.717, 1.165) is 12.0 Å². The van der Waals surface area contributed by atoms with Gasteiger partial charge in [-0.2, -0.15) is 0 Å². The molecule has 0 aliphatic carbocycles. The topological polar surface area (TPSA) is 26.7 Å². The molecule has 3 heteroatoms. The molecule has 0 fully saturated rings. The molecule has 15 heavy (non-hydrogen) atoms. The Hall–Kier alpha value is -1.06. The minimum atomic E-state index is 0.304. The number of benzene rings is 1. The van der Waals surface area contributed by atoms with Crippen molar-refractivity contribution in [2.45, 2.75) is 12.6 Å². The lowest BCUT2D eigenvalue weighted by molar-refractivity contribution is 0.129. The lowest BCUT2D eigenvalue weighted by Gasteiger charge is -2.30. The van der Waals surface area contributed by atoms with Gasteiger partial charge in [0.05, 0.1) is 6.17 Å². The fraction of sp³-hybridized carbons (Fsp3) is 0.500. The molecule has 0 aliphatic rings. The molecule has 0 heterocycles. The highest BCUT2D eigenvalue weighted by atomic mass is 16.3. The van der Waals surface area contributed by atoms with Crippen LogP contribution in [0.4, 0.5) is 0 Å². The number of likely N-dealkylation sites (N-methyl/N-ethyl adjacent to an activating group) is 2. The number of hydrogen-bond donors (Lipinski definition) is 1. The lowest BCUT2D eigenvalue weighted by atomic mass is 10.1. The highest BCUT2D eigenvalue weighted by molar-refractivity contribution is 5.32. The van der Waals surface area contributed by atoms with Crippen molar-refractivity contribution < 1.29 is 5.11 Å². The van der Waals surface area contributed by atoms with E-state index in [1.165, 1.54) is 0 Å². The first-order chi connectivity index (χ1) is 7.02. The summed E-state index contributed by atoms with van der Waals surface area (Å²) in [5.41, 5.74) is 0.991. The number of phenolic OH excluding ortho intramolecular Hbond substituents is 1. The Bertz CT molecular complexity index is 302. The minimum Gasteiger partial charge on any atom is -0.508 e. The van der Waals surface area contributed by atoms with Crippen LogP contribution in [0.2, 0.25) is 0 Å². The molecule has 1 N–H and O–H groups in total. The fourth-order valence-corrected chi connectivity index (χ4v) is 1.71. The van der Waals surface area contributed by atoms with Crippen LogP contribution in [0.1, 0.15) is 5.56 Å². The second-order valence-corrected chi connectivity index (χ2v) is 4.24. The second-order valence-electron chi connectivity index (χ2n) is 4.24. The molecule has 0 spiro atoms. The zero-order chi connectivity index (χ0) is 11.4. The first-order valence-corrected chi connectivity index (χ1v) is 5.12. The number of nitrogens with zero attached hydrogens (tertiary/aromatic N) is 2. The summed E-state index contributed by atoms with van der Waals surface area (Å²) < 4.78 is 0. The highest BCUT2D eigenvalue weighted by Crippen LogP contribution is 2.19. The first-order valence-electron chi connectivity index (χ1n) is 5.12. The van der Waals surface area contributed by atoms with Gasteiger partial charge in [-0.05, 0) is 39.8 Å². The number of rotatable bonds is 4. The SMILES string of the molecule is CN(C)C(Cc1ccccc1O)N(C)C. The summed E-state index contributed by atoms with van der Waals surface area (Å²) in [6.07, 6.45) is 1.13. The maximum Gasteiger partial charge on any atom is 0.118 e. The monoisotopic (exact) mass is 208 g/mol. The van der Waals surface area contributed by atoms with Gasteiger partial charge in [0, 0.05) is 6.42 Å². The molecular weight excluding hydrogens is 188 g/mol. The van der Waals surface area contributed by atoms with E-state index in [1.54, 1.807) is 6.07 Å². The van der Waals surface area contributed by atoms with Crippen LogP contribution in [-0.4, -0.2) is 49.3 Å². The third-order valence-electron chi connectivity index (χ3n) is 2.59. The van der Waals surface area contributed by atoms with Gasteiger partial charge < -0.3 is 5.11 Å². The van der Waals surface area contributed by atoms with E-state index in [2.05, 4.69) is 9.80 Å². The third kappa shape index (κ3) is 3.22. The summed E-state index contributed by atoms with van der Waals surface area (Å²) in [4.78, 5) is 4.29. The van der Waals surface area contributed by atoms with E-state index >= 15 is 0 Å². The summed E-state index contributed by atoms with van der Waals surface area (Å²) in [5.74, 6) is 0.381. The number of phenols is 1. The van der Waals surface area contributed by atoms with Gasteiger partial charge in [0.25, 0.3) is 0 Å². The van der Waals surface area contributed by atoms with E-state index in [1.807, 2.05) is 46.4 Å². The number of aromatic hydroxyl groups is 1. The maximum absolute atomic E-state index is 9.69. The maximum atomic E-state index is 9.69. The molecule has 1 aromatic rings. The molecule has 0 saturated carbocycles. The Morgan fingerprint density at radius 3 is 2.07 bits per heavy atom. The van der Waals surface area contributed by atoms with Crippen LogP contribution < -0.4 is 0 Å². The van der Waals surface area contributed by atoms with Crippen LogP contribution in [0.15, 0.2) is 24.3 Å². The minimum absolute atomic E-state index is 0.304. The van der Waals surface area contributed by atoms with Crippen molar-refractivity contribution in [2.24, 2.45) is 0 Å². The predicted octanol–water partition coefficient (Wildman–Crippen LogP) is 1.38. The summed E-state index contributed by atoms with van der Waals surface area (Å²) >= 11 is 0. The standard InChI is InChI=1S/C12H20N2O/c1-13(2)12(14(3)4)9-10-7-5-6-8-11(10)15/h5-8,12,15H,9H2,1-4H3. The van der Waals surface area contributed by atoms with E-state index in [-0.39, 0.29) is 0 Å². The van der Waals surface area contributed by atoms with Crippen molar-refractivity contribution >= 4 is 0 Å². The van der Waals surface area contributed by atoms with Crippen molar-refractivity contribution in [1.29, 1.82) is 0 Å². The predicted molar refractivity (Wildman–Crippen MR) is 63.0 cm³/mol. The van der Waals surface area contributed by atoms with Gasteiger partial charge in [0.2, 0.25) is 0 Å². The summed E-state index contributed by atoms with van der Waals surface area (Å²) in [6.45, 7) is 0. The second kappa shape index (κ2) is 5.14. The van der Waals surface area contributed by atoms with Crippen LogP contribution in [0.25, 0.3) is 0 Å². The van der Waals surface area contributed by atoms with Crippen molar-refractivity contribution in [1.82, 2.24) is 9.80 Å². The summed E-state index contributed by atoms with van der Waals surface area (Å²) in [6, 6.07) is 7.50. The van der Waals surface area contributed by atoms with Gasteiger partial charge >= 0.3 is 0 Å². The van der Waals surface area contributed by atoms with Crippen molar-refractivity contribution in [3.63, 3.8) is 0 Å². The quantitative estimate of drug-likeness (QED) is 0.757.